The average molecular weight is 266 g/mol. The number of allylic oxidation sites excluding steroid dienone is 2. The second-order valence-corrected chi connectivity index (χ2v) is 4.63. The van der Waals surface area contributed by atoms with Crippen LogP contribution in [0, 0.1) is 0 Å². The van der Waals surface area contributed by atoms with Crippen molar-refractivity contribution >= 4 is 0 Å². The summed E-state index contributed by atoms with van der Waals surface area (Å²) in [6.07, 6.45) is 4.72. The van der Waals surface area contributed by atoms with E-state index >= 15 is 0 Å². The third-order valence-electron chi connectivity index (χ3n) is 3.26. The fourth-order valence-corrected chi connectivity index (χ4v) is 2.26. The van der Waals surface area contributed by atoms with Gasteiger partial charge in [0, 0.05) is 5.56 Å². The maximum atomic E-state index is 10.0. The molecule has 2 aromatic carbocycles. The minimum absolute atomic E-state index is 0.246. The molecule has 0 unspecified atom stereocenters. The fourth-order valence-electron chi connectivity index (χ4n) is 2.26. The lowest BCUT2D eigenvalue weighted by atomic mass is 9.95. The molecular formula is C18H18O2. The molecule has 2 nitrogen and oxygen atoms in total. The van der Waals surface area contributed by atoms with Crippen LogP contribution in [0.5, 0.6) is 11.5 Å². The van der Waals surface area contributed by atoms with E-state index in [0.29, 0.717) is 12.8 Å². The summed E-state index contributed by atoms with van der Waals surface area (Å²) >= 11 is 0. The van der Waals surface area contributed by atoms with Crippen molar-refractivity contribution in [1.82, 2.24) is 0 Å². The van der Waals surface area contributed by atoms with Crippen LogP contribution in [0.4, 0.5) is 0 Å². The number of rotatable bonds is 5. The quantitative estimate of drug-likeness (QED) is 0.795. The van der Waals surface area contributed by atoms with E-state index in [1.165, 1.54) is 0 Å². The van der Waals surface area contributed by atoms with Crippen molar-refractivity contribution in [2.45, 2.75) is 12.8 Å². The Morgan fingerprint density at radius 2 is 1.65 bits per heavy atom. The second kappa shape index (κ2) is 6.11. The van der Waals surface area contributed by atoms with Gasteiger partial charge >= 0.3 is 0 Å². The predicted molar refractivity (Wildman–Crippen MR) is 83.0 cm³/mol. The Balaban J connectivity index is 2.51. The number of hydrogen-bond donors (Lipinski definition) is 2. The van der Waals surface area contributed by atoms with E-state index in [4.69, 9.17) is 0 Å². The lowest BCUT2D eigenvalue weighted by Crippen LogP contribution is -1.90. The summed E-state index contributed by atoms with van der Waals surface area (Å²) in [4.78, 5) is 0. The lowest BCUT2D eigenvalue weighted by molar-refractivity contribution is 0.468. The first-order valence-corrected chi connectivity index (χ1v) is 6.52. The van der Waals surface area contributed by atoms with Crippen molar-refractivity contribution in [1.29, 1.82) is 0 Å². The number of benzene rings is 2. The Bertz CT molecular complexity index is 642. The molecule has 0 saturated heterocycles. The highest BCUT2D eigenvalue weighted by molar-refractivity contribution is 5.72. The van der Waals surface area contributed by atoms with Crippen LogP contribution in [-0.2, 0) is 12.8 Å². The average Bonchev–Trinajstić information content (AvgIpc) is 2.44. The summed E-state index contributed by atoms with van der Waals surface area (Å²) in [6, 6.07) is 10.9. The largest absolute Gasteiger partial charge is 0.508 e. The van der Waals surface area contributed by atoms with Crippen molar-refractivity contribution in [2.75, 3.05) is 0 Å². The molecule has 0 aromatic heterocycles. The van der Waals surface area contributed by atoms with Gasteiger partial charge in [0.15, 0.2) is 0 Å². The van der Waals surface area contributed by atoms with Crippen molar-refractivity contribution in [2.24, 2.45) is 0 Å². The SMILES string of the molecule is C=CCc1ccc(-c2cccc(O)c2CC=C)cc1O. The molecule has 0 aliphatic heterocycles. The van der Waals surface area contributed by atoms with Crippen molar-refractivity contribution in [3.63, 3.8) is 0 Å². The highest BCUT2D eigenvalue weighted by Gasteiger charge is 2.10. The van der Waals surface area contributed by atoms with Gasteiger partial charge in [-0.05, 0) is 41.7 Å². The minimum Gasteiger partial charge on any atom is -0.508 e. The molecule has 0 saturated carbocycles. The van der Waals surface area contributed by atoms with Crippen LogP contribution in [0.1, 0.15) is 11.1 Å². The number of hydrogen-bond acceptors (Lipinski definition) is 2. The molecule has 0 bridgehead atoms. The van der Waals surface area contributed by atoms with Crippen LogP contribution >= 0.6 is 0 Å². The third-order valence-corrected chi connectivity index (χ3v) is 3.26. The normalized spacial score (nSPS) is 10.2. The topological polar surface area (TPSA) is 40.5 Å². The van der Waals surface area contributed by atoms with Crippen molar-refractivity contribution < 1.29 is 10.2 Å². The third kappa shape index (κ3) is 2.75. The summed E-state index contributed by atoms with van der Waals surface area (Å²) in [5.74, 6) is 0.493. The molecule has 102 valence electrons. The molecular weight excluding hydrogens is 248 g/mol. The van der Waals surface area contributed by atoms with E-state index < -0.39 is 0 Å². The van der Waals surface area contributed by atoms with Gasteiger partial charge in [-0.1, -0.05) is 36.4 Å². The molecule has 0 fully saturated rings. The van der Waals surface area contributed by atoms with E-state index in [1.54, 1.807) is 30.4 Å². The maximum Gasteiger partial charge on any atom is 0.119 e. The molecule has 0 atom stereocenters. The van der Waals surface area contributed by atoms with Gasteiger partial charge < -0.3 is 10.2 Å². The van der Waals surface area contributed by atoms with Gasteiger partial charge in [0.2, 0.25) is 0 Å². The molecule has 0 amide bonds. The first-order valence-electron chi connectivity index (χ1n) is 6.52. The maximum absolute atomic E-state index is 10.0. The highest BCUT2D eigenvalue weighted by Crippen LogP contribution is 2.33. The molecule has 2 heteroatoms. The van der Waals surface area contributed by atoms with E-state index in [9.17, 15) is 10.2 Å². The van der Waals surface area contributed by atoms with E-state index in [0.717, 1.165) is 22.3 Å². The Hall–Kier alpha value is -2.48. The first kappa shape index (κ1) is 13.9. The van der Waals surface area contributed by atoms with Gasteiger partial charge in [-0.15, -0.1) is 13.2 Å². The molecule has 2 aromatic rings. The molecule has 0 aliphatic rings. The predicted octanol–water partition coefficient (Wildman–Crippen LogP) is 4.22. The summed E-state index contributed by atoms with van der Waals surface area (Å²) in [5, 5.41) is 20.0. The number of phenolic OH excluding ortho intramolecular Hbond substituents is 2. The van der Waals surface area contributed by atoms with E-state index in [2.05, 4.69) is 13.2 Å². The zero-order chi connectivity index (χ0) is 14.5. The Morgan fingerprint density at radius 3 is 2.30 bits per heavy atom. The van der Waals surface area contributed by atoms with Gasteiger partial charge in [0.1, 0.15) is 11.5 Å². The smallest absolute Gasteiger partial charge is 0.119 e. The van der Waals surface area contributed by atoms with Crippen LogP contribution in [-0.4, -0.2) is 10.2 Å². The van der Waals surface area contributed by atoms with Crippen LogP contribution in [0.25, 0.3) is 11.1 Å². The molecule has 20 heavy (non-hydrogen) atoms. The van der Waals surface area contributed by atoms with Gasteiger partial charge in [-0.25, -0.2) is 0 Å². The second-order valence-electron chi connectivity index (χ2n) is 4.63. The molecule has 0 radical (unpaired) electrons. The van der Waals surface area contributed by atoms with Gasteiger partial charge in [0.05, 0.1) is 0 Å². The zero-order valence-corrected chi connectivity index (χ0v) is 11.3. The monoisotopic (exact) mass is 266 g/mol. The van der Waals surface area contributed by atoms with Crippen molar-refractivity contribution in [3.05, 3.63) is 72.8 Å². The summed E-state index contributed by atoms with van der Waals surface area (Å²) in [7, 11) is 0. The first-order chi connectivity index (χ1) is 9.67. The van der Waals surface area contributed by atoms with Gasteiger partial charge in [0.25, 0.3) is 0 Å². The molecule has 0 aliphatic carbocycles. The zero-order valence-electron chi connectivity index (χ0n) is 11.3. The molecule has 2 N–H and O–H groups in total. The van der Waals surface area contributed by atoms with Crippen molar-refractivity contribution in [3.8, 4) is 22.6 Å². The molecule has 0 spiro atoms. The van der Waals surface area contributed by atoms with E-state index in [1.807, 2.05) is 18.2 Å². The minimum atomic E-state index is 0.246. The molecule has 2 rings (SSSR count). The summed E-state index contributed by atoms with van der Waals surface area (Å²) in [5.41, 5.74) is 3.45. The van der Waals surface area contributed by atoms with Crippen LogP contribution in [0.15, 0.2) is 61.7 Å². The Labute approximate surface area is 119 Å². The summed E-state index contributed by atoms with van der Waals surface area (Å²) < 4.78 is 0. The van der Waals surface area contributed by atoms with Crippen LogP contribution in [0.2, 0.25) is 0 Å². The van der Waals surface area contributed by atoms with Crippen LogP contribution in [0.3, 0.4) is 0 Å². The number of phenols is 2. The number of aromatic hydroxyl groups is 2. The Morgan fingerprint density at radius 1 is 0.900 bits per heavy atom. The van der Waals surface area contributed by atoms with E-state index in [-0.39, 0.29) is 11.5 Å². The molecule has 0 heterocycles. The fraction of sp³-hybridized carbons (Fsp3) is 0.111. The Kier molecular flexibility index (Phi) is 4.26. The van der Waals surface area contributed by atoms with Gasteiger partial charge in [-0.3, -0.25) is 0 Å². The lowest BCUT2D eigenvalue weighted by Gasteiger charge is -2.12. The standard InChI is InChI=1S/C18H18O2/c1-3-6-13-10-11-14(12-18(13)20)15-8-5-9-17(19)16(15)7-4-2/h3-5,8-12,19-20H,1-2,6-7H2. The summed E-state index contributed by atoms with van der Waals surface area (Å²) in [6.45, 7) is 7.39. The van der Waals surface area contributed by atoms with Crippen LogP contribution < -0.4 is 0 Å². The highest BCUT2D eigenvalue weighted by atomic mass is 16.3. The van der Waals surface area contributed by atoms with Gasteiger partial charge in [-0.2, -0.15) is 0 Å².